The highest BCUT2D eigenvalue weighted by atomic mass is 79.9. The third-order valence-electron chi connectivity index (χ3n) is 11.6. The number of halogens is 1. The van der Waals surface area contributed by atoms with Gasteiger partial charge >= 0.3 is 0 Å². The number of nitrogens with zero attached hydrogens (tertiary/aromatic N) is 10. The van der Waals surface area contributed by atoms with Crippen molar-refractivity contribution >= 4 is 15.9 Å². The normalized spacial score (nSPS) is 10.9. The summed E-state index contributed by atoms with van der Waals surface area (Å²) in [6.07, 6.45) is 12.2. The molecule has 6 aliphatic heterocycles. The predicted octanol–water partition coefficient (Wildman–Crippen LogP) is 13.2. The van der Waals surface area contributed by atoms with E-state index in [9.17, 15) is 0 Å². The zero-order valence-corrected chi connectivity index (χ0v) is 39.8. The second-order valence-electron chi connectivity index (χ2n) is 16.8. The van der Waals surface area contributed by atoms with Gasteiger partial charge in [0.1, 0.15) is 17.1 Å². The molecule has 0 aromatic heterocycles. The number of aryl methyl sites for hydroxylation is 1. The summed E-state index contributed by atoms with van der Waals surface area (Å²) in [5, 5.41) is 8.86. The summed E-state index contributed by atoms with van der Waals surface area (Å²) in [7, 11) is 0. The molecule has 6 aromatic carbocycles. The van der Waals surface area contributed by atoms with Crippen molar-refractivity contribution in [2.75, 3.05) is 0 Å². The van der Waals surface area contributed by atoms with Crippen molar-refractivity contribution in [3.05, 3.63) is 251 Å². The molecule has 0 fully saturated rings. The van der Waals surface area contributed by atoms with Gasteiger partial charge in [-0.15, -0.1) is 0 Å². The van der Waals surface area contributed by atoms with E-state index in [1.807, 2.05) is 152 Å². The maximum Gasteiger partial charge on any atom is 0.160 e. The Kier molecular flexibility index (Phi) is 13.5. The average molecular weight is 974 g/mol. The monoisotopic (exact) mass is 972 g/mol. The van der Waals surface area contributed by atoms with E-state index >= 15 is 0 Å². The fraction of sp³-hybridized carbons (Fsp3) is 0.0678. The van der Waals surface area contributed by atoms with E-state index < -0.39 is 0 Å². The highest BCUT2D eigenvalue weighted by molar-refractivity contribution is 9.10. The first-order chi connectivity index (χ1) is 34.4. The smallest absolute Gasteiger partial charge is 0.160 e. The molecule has 12 rings (SSSR count). The number of benzene rings is 6. The van der Waals surface area contributed by atoms with Crippen molar-refractivity contribution in [3.8, 4) is 74.4 Å². The number of pyridine rings is 3. The van der Waals surface area contributed by atoms with Gasteiger partial charge in [-0.25, -0.2) is 29.9 Å². The molecule has 6 aromatic rings. The molecule has 0 radical (unpaired) electrons. The van der Waals surface area contributed by atoms with Gasteiger partial charge in [-0.05, 0) is 66.1 Å². The lowest BCUT2D eigenvalue weighted by atomic mass is 10.1. The number of fused-ring (bicyclic) bond motifs is 3. The molecule has 0 saturated carbocycles. The van der Waals surface area contributed by atoms with Crippen LogP contribution in [0.2, 0.25) is 0 Å². The Morgan fingerprint density at radius 3 is 1.16 bits per heavy atom. The maximum atomic E-state index is 8.86. The fourth-order valence-electron chi connectivity index (χ4n) is 8.02. The summed E-state index contributed by atoms with van der Waals surface area (Å²) in [6.45, 7) is 4.50. The largest absolute Gasteiger partial charge is 0.348 e. The standard InChI is InChI=1S/C20H14N4.C20H17N3.C19H14BrN3/c21-12-15-6-8-16(9-7-15)13-24-11-10-18-19(14-24)23-20(22-18)17-4-2-1-3-5-17;1-15-6-5-7-16(12-15)13-23-11-10-18-19(14-23)22-20(21-18)17-8-3-2-4-9-17;20-16-8-6-14(7-9-16)12-23-11-10-17-18(13-23)22-19(21-17)15-4-2-1-3-5-15/h1-11,14H,13H2;2-12,14H,13H2,1H3;1-11,13H,12H2. The van der Waals surface area contributed by atoms with Gasteiger partial charge in [0.25, 0.3) is 0 Å². The lowest BCUT2D eigenvalue weighted by Gasteiger charge is -2.08. The quantitative estimate of drug-likeness (QED) is 0.141. The lowest BCUT2D eigenvalue weighted by molar-refractivity contribution is 0.789. The summed E-state index contributed by atoms with van der Waals surface area (Å²) >= 11 is 3.46. The van der Waals surface area contributed by atoms with Crippen LogP contribution in [-0.2, 0) is 19.6 Å². The number of hydrogen-bond donors (Lipinski definition) is 0. The average Bonchev–Trinajstić information content (AvgIpc) is 4.16. The topological polar surface area (TPSA) is 116 Å². The number of hydrogen-bond acceptors (Lipinski definition) is 7. The lowest BCUT2D eigenvalue weighted by Crippen LogP contribution is -2.01. The Morgan fingerprint density at radius 1 is 0.400 bits per heavy atom. The molecule has 70 heavy (non-hydrogen) atoms. The Labute approximate surface area is 415 Å². The number of rotatable bonds is 9. The number of nitriles is 1. The van der Waals surface area contributed by atoms with Gasteiger partial charge in [-0.1, -0.05) is 161 Å². The van der Waals surface area contributed by atoms with Crippen molar-refractivity contribution in [1.82, 2.24) is 43.6 Å². The van der Waals surface area contributed by atoms with Crippen LogP contribution >= 0.6 is 15.9 Å². The zero-order valence-electron chi connectivity index (χ0n) is 38.3. The fourth-order valence-corrected chi connectivity index (χ4v) is 8.28. The minimum absolute atomic E-state index is 0.675. The van der Waals surface area contributed by atoms with Crippen molar-refractivity contribution < 1.29 is 0 Å². The molecule has 10 nitrogen and oxygen atoms in total. The molecule has 0 aliphatic carbocycles. The zero-order chi connectivity index (χ0) is 47.7. The molecule has 6 heterocycles. The Hall–Kier alpha value is -8.85. The first-order valence-corrected chi connectivity index (χ1v) is 23.6. The van der Waals surface area contributed by atoms with Crippen molar-refractivity contribution in [2.24, 2.45) is 0 Å². The molecule has 0 bridgehead atoms. The summed E-state index contributed by atoms with van der Waals surface area (Å²) in [5.74, 6) is 2.32. The molecule has 0 N–H and O–H groups in total. The summed E-state index contributed by atoms with van der Waals surface area (Å²) in [6, 6.07) is 62.9. The van der Waals surface area contributed by atoms with Crippen LogP contribution in [0.25, 0.3) is 68.3 Å². The highest BCUT2D eigenvalue weighted by Crippen LogP contribution is 2.28. The molecule has 0 unspecified atom stereocenters. The van der Waals surface area contributed by atoms with Crippen LogP contribution in [0.15, 0.2) is 224 Å². The Morgan fingerprint density at radius 2 is 0.771 bits per heavy atom. The molecule has 0 atom stereocenters. The van der Waals surface area contributed by atoms with Crippen LogP contribution in [0.4, 0.5) is 0 Å². The van der Waals surface area contributed by atoms with Gasteiger partial charge in [0.15, 0.2) is 17.5 Å². The molecular weight excluding hydrogens is 929 g/mol. The summed E-state index contributed by atoms with van der Waals surface area (Å²) < 4.78 is 7.46. The number of imidazole rings is 3. The van der Waals surface area contributed by atoms with E-state index in [1.54, 1.807) is 0 Å². The second-order valence-corrected chi connectivity index (χ2v) is 17.7. The van der Waals surface area contributed by atoms with Gasteiger partial charge in [0.2, 0.25) is 0 Å². The summed E-state index contributed by atoms with van der Waals surface area (Å²) in [4.78, 5) is 27.8. The third kappa shape index (κ3) is 11.1. The van der Waals surface area contributed by atoms with Crippen molar-refractivity contribution in [2.45, 2.75) is 26.6 Å². The van der Waals surface area contributed by atoms with Crippen LogP contribution in [0.5, 0.6) is 0 Å². The van der Waals surface area contributed by atoms with Crippen LogP contribution in [0.1, 0.15) is 27.8 Å². The van der Waals surface area contributed by atoms with E-state index in [0.29, 0.717) is 5.56 Å². The minimum Gasteiger partial charge on any atom is -0.348 e. The van der Waals surface area contributed by atoms with Crippen LogP contribution < -0.4 is 0 Å². The molecule has 338 valence electrons. The van der Waals surface area contributed by atoms with Gasteiger partial charge in [0.05, 0.1) is 28.7 Å². The van der Waals surface area contributed by atoms with E-state index in [0.717, 1.165) is 98.0 Å². The van der Waals surface area contributed by atoms with Gasteiger partial charge < -0.3 is 13.7 Å². The van der Waals surface area contributed by atoms with Crippen LogP contribution in [0, 0.1) is 18.3 Å². The Balaban J connectivity index is 0.000000122. The maximum absolute atomic E-state index is 8.86. The molecule has 0 amide bonds. The van der Waals surface area contributed by atoms with Gasteiger partial charge in [0, 0.05) is 78.0 Å². The van der Waals surface area contributed by atoms with Crippen LogP contribution in [0.3, 0.4) is 0 Å². The van der Waals surface area contributed by atoms with E-state index in [2.05, 4.69) is 140 Å². The highest BCUT2D eigenvalue weighted by Gasteiger charge is 2.15. The van der Waals surface area contributed by atoms with Gasteiger partial charge in [-0.2, -0.15) is 5.26 Å². The first-order valence-electron chi connectivity index (χ1n) is 22.8. The molecule has 11 heteroatoms. The van der Waals surface area contributed by atoms with E-state index in [4.69, 9.17) is 5.26 Å². The van der Waals surface area contributed by atoms with E-state index in [1.165, 1.54) is 16.7 Å². The van der Waals surface area contributed by atoms with Crippen molar-refractivity contribution in [1.29, 1.82) is 5.26 Å². The molecule has 0 saturated heterocycles. The van der Waals surface area contributed by atoms with Crippen molar-refractivity contribution in [3.63, 3.8) is 0 Å². The SMILES string of the molecule is Brc1ccc(Cn2ccc3nc(-c4ccccc4)nc-3c2)cc1.Cc1cccc(Cn2ccc3nc(-c4ccccc4)nc-3c2)c1.N#Cc1ccc(Cn2ccc3nc(-c4ccccc4)nc-3c2)cc1. The predicted molar refractivity (Wildman–Crippen MR) is 280 cm³/mol. The summed E-state index contributed by atoms with van der Waals surface area (Å²) in [5.41, 5.74) is 14.2. The molecule has 0 spiro atoms. The first kappa shape index (κ1) is 45.0. The van der Waals surface area contributed by atoms with Crippen LogP contribution in [-0.4, -0.2) is 43.6 Å². The third-order valence-corrected chi connectivity index (χ3v) is 12.1. The van der Waals surface area contributed by atoms with Gasteiger partial charge in [-0.3, -0.25) is 0 Å². The number of aromatic nitrogens is 9. The molecular formula is C59H45BrN10. The van der Waals surface area contributed by atoms with E-state index in [-0.39, 0.29) is 0 Å². The molecule has 6 aliphatic rings. The second kappa shape index (κ2) is 21.0. The Bertz CT molecular complexity index is 3540. The minimum atomic E-state index is 0.675.